The van der Waals surface area contributed by atoms with E-state index in [-0.39, 0.29) is 5.78 Å². The van der Waals surface area contributed by atoms with Crippen LogP contribution in [0.1, 0.15) is 19.6 Å². The average molecular weight is 198 g/mol. The molecule has 0 aliphatic rings. The minimum atomic E-state index is 0.230. The maximum atomic E-state index is 11.3. The van der Waals surface area contributed by atoms with Gasteiger partial charge in [-0.3, -0.25) is 4.79 Å². The van der Waals surface area contributed by atoms with Crippen LogP contribution in [0.4, 0.5) is 0 Å². The molecule has 0 atom stereocenters. The van der Waals surface area contributed by atoms with Gasteiger partial charge in [-0.05, 0) is 17.4 Å². The minimum Gasteiger partial charge on any atom is -0.469 e. The smallest absolute Gasteiger partial charge is 0.150 e. The van der Waals surface area contributed by atoms with E-state index in [1.165, 1.54) is 0 Å². The highest BCUT2D eigenvalue weighted by molar-refractivity contribution is 8.00. The van der Waals surface area contributed by atoms with E-state index in [1.54, 1.807) is 24.1 Å². The second kappa shape index (κ2) is 5.12. The molecular formula is C10H14O2S. The molecule has 0 spiro atoms. The summed E-state index contributed by atoms with van der Waals surface area (Å²) in [5, 5.41) is 0.514. The quantitative estimate of drug-likeness (QED) is 0.728. The Kier molecular flexibility index (Phi) is 4.09. The molecule has 72 valence electrons. The fourth-order valence-corrected chi connectivity index (χ4v) is 1.54. The monoisotopic (exact) mass is 198 g/mol. The summed E-state index contributed by atoms with van der Waals surface area (Å²) in [5.74, 6) is 1.57. The summed E-state index contributed by atoms with van der Waals surface area (Å²) in [6.45, 7) is 4.18. The van der Waals surface area contributed by atoms with Gasteiger partial charge < -0.3 is 4.42 Å². The number of rotatable bonds is 5. The topological polar surface area (TPSA) is 30.2 Å². The van der Waals surface area contributed by atoms with Gasteiger partial charge in [-0.25, -0.2) is 0 Å². The number of hydrogen-bond donors (Lipinski definition) is 0. The summed E-state index contributed by atoms with van der Waals surface area (Å²) in [7, 11) is 0. The van der Waals surface area contributed by atoms with Crippen LogP contribution in [0.15, 0.2) is 22.8 Å². The Labute approximate surface area is 82.7 Å². The van der Waals surface area contributed by atoms with Crippen molar-refractivity contribution in [2.75, 3.05) is 5.75 Å². The third-order valence-corrected chi connectivity index (χ3v) is 2.68. The molecular weight excluding hydrogens is 184 g/mol. The normalized spacial score (nSPS) is 10.7. The molecule has 2 nitrogen and oxygen atoms in total. The zero-order valence-corrected chi connectivity index (χ0v) is 8.76. The molecule has 0 N–H and O–H groups in total. The Morgan fingerprint density at radius 2 is 2.38 bits per heavy atom. The van der Waals surface area contributed by atoms with E-state index in [2.05, 4.69) is 13.8 Å². The first-order chi connectivity index (χ1) is 6.18. The van der Waals surface area contributed by atoms with Gasteiger partial charge in [0.1, 0.15) is 11.5 Å². The summed E-state index contributed by atoms with van der Waals surface area (Å²) >= 11 is 1.67. The number of thioether (sulfide) groups is 1. The molecule has 1 aromatic rings. The number of carbonyl (C=O) groups is 1. The van der Waals surface area contributed by atoms with E-state index in [4.69, 9.17) is 4.42 Å². The molecule has 0 saturated heterocycles. The van der Waals surface area contributed by atoms with Crippen molar-refractivity contribution in [1.82, 2.24) is 0 Å². The van der Waals surface area contributed by atoms with E-state index in [9.17, 15) is 4.79 Å². The van der Waals surface area contributed by atoms with E-state index < -0.39 is 0 Å². The van der Waals surface area contributed by atoms with Gasteiger partial charge in [0, 0.05) is 0 Å². The minimum absolute atomic E-state index is 0.230. The van der Waals surface area contributed by atoms with Crippen molar-refractivity contribution < 1.29 is 9.21 Å². The fourth-order valence-electron chi connectivity index (χ4n) is 0.918. The van der Waals surface area contributed by atoms with Crippen molar-refractivity contribution in [2.45, 2.75) is 25.5 Å². The largest absolute Gasteiger partial charge is 0.469 e. The molecule has 3 heteroatoms. The molecule has 0 aromatic carbocycles. The van der Waals surface area contributed by atoms with Crippen molar-refractivity contribution in [1.29, 1.82) is 0 Å². The first-order valence-corrected chi connectivity index (χ1v) is 5.39. The lowest BCUT2D eigenvalue weighted by Gasteiger charge is -2.02. The van der Waals surface area contributed by atoms with Gasteiger partial charge in [-0.1, -0.05) is 13.8 Å². The highest BCUT2D eigenvalue weighted by atomic mass is 32.2. The summed E-state index contributed by atoms with van der Waals surface area (Å²) in [6, 6.07) is 3.64. The number of hydrogen-bond acceptors (Lipinski definition) is 3. The number of ketones is 1. The molecule has 0 bridgehead atoms. The Morgan fingerprint density at radius 1 is 1.62 bits per heavy atom. The van der Waals surface area contributed by atoms with Crippen LogP contribution in [0.5, 0.6) is 0 Å². The average Bonchev–Trinajstić information content (AvgIpc) is 2.53. The Morgan fingerprint density at radius 3 is 2.92 bits per heavy atom. The highest BCUT2D eigenvalue weighted by Crippen LogP contribution is 2.10. The van der Waals surface area contributed by atoms with Gasteiger partial charge in [0.05, 0.1) is 18.4 Å². The molecule has 0 radical (unpaired) electrons. The Balaban J connectivity index is 2.26. The van der Waals surface area contributed by atoms with Crippen molar-refractivity contribution in [3.63, 3.8) is 0 Å². The van der Waals surface area contributed by atoms with Gasteiger partial charge in [-0.15, -0.1) is 0 Å². The summed E-state index contributed by atoms with van der Waals surface area (Å²) in [6.07, 6.45) is 2.02. The third-order valence-electron chi connectivity index (χ3n) is 1.53. The van der Waals surface area contributed by atoms with Crippen LogP contribution in [-0.2, 0) is 11.2 Å². The SMILES string of the molecule is CC(C)SCC(=O)Cc1ccco1. The van der Waals surface area contributed by atoms with Gasteiger partial charge in [-0.2, -0.15) is 11.8 Å². The maximum absolute atomic E-state index is 11.3. The lowest BCUT2D eigenvalue weighted by atomic mass is 10.2. The standard InChI is InChI=1S/C10H14O2S/c1-8(2)13-7-9(11)6-10-4-3-5-12-10/h3-5,8H,6-7H2,1-2H3. The molecule has 1 heterocycles. The van der Waals surface area contributed by atoms with Crippen LogP contribution < -0.4 is 0 Å². The van der Waals surface area contributed by atoms with Gasteiger partial charge in [0.15, 0.2) is 0 Å². The molecule has 0 aliphatic heterocycles. The lowest BCUT2D eigenvalue weighted by molar-refractivity contribution is -0.116. The summed E-state index contributed by atoms with van der Waals surface area (Å²) in [4.78, 5) is 11.3. The third kappa shape index (κ3) is 4.18. The Bertz CT molecular complexity index is 252. The van der Waals surface area contributed by atoms with E-state index in [0.717, 1.165) is 5.76 Å². The van der Waals surface area contributed by atoms with Crippen LogP contribution >= 0.6 is 11.8 Å². The van der Waals surface area contributed by atoms with Gasteiger partial charge >= 0.3 is 0 Å². The molecule has 0 unspecified atom stereocenters. The summed E-state index contributed by atoms with van der Waals surface area (Å²) < 4.78 is 5.08. The molecule has 1 rings (SSSR count). The number of Topliss-reactive ketones (excluding diaryl/α,β-unsaturated/α-hetero) is 1. The zero-order valence-electron chi connectivity index (χ0n) is 7.95. The summed E-state index contributed by atoms with van der Waals surface area (Å²) in [5.41, 5.74) is 0. The Hall–Kier alpha value is -0.700. The molecule has 0 aliphatic carbocycles. The number of carbonyl (C=O) groups excluding carboxylic acids is 1. The van der Waals surface area contributed by atoms with Crippen molar-refractivity contribution in [2.24, 2.45) is 0 Å². The number of furan rings is 1. The predicted molar refractivity (Wildman–Crippen MR) is 55.0 cm³/mol. The van der Waals surface area contributed by atoms with E-state index in [1.807, 2.05) is 6.07 Å². The van der Waals surface area contributed by atoms with E-state index >= 15 is 0 Å². The van der Waals surface area contributed by atoms with Crippen LogP contribution in [0, 0.1) is 0 Å². The van der Waals surface area contributed by atoms with Crippen molar-refractivity contribution >= 4 is 17.5 Å². The first-order valence-electron chi connectivity index (χ1n) is 4.34. The second-order valence-electron chi connectivity index (χ2n) is 3.15. The van der Waals surface area contributed by atoms with Crippen molar-refractivity contribution in [3.8, 4) is 0 Å². The van der Waals surface area contributed by atoms with Crippen LogP contribution in [-0.4, -0.2) is 16.8 Å². The van der Waals surface area contributed by atoms with Gasteiger partial charge in [0.2, 0.25) is 0 Å². The van der Waals surface area contributed by atoms with Crippen LogP contribution in [0.25, 0.3) is 0 Å². The second-order valence-corrected chi connectivity index (χ2v) is 4.72. The molecule has 0 amide bonds. The van der Waals surface area contributed by atoms with E-state index in [0.29, 0.717) is 17.4 Å². The first kappa shape index (κ1) is 10.4. The molecule has 1 aromatic heterocycles. The predicted octanol–water partition coefficient (Wildman–Crippen LogP) is 2.53. The molecule has 0 saturated carbocycles. The molecule has 13 heavy (non-hydrogen) atoms. The highest BCUT2D eigenvalue weighted by Gasteiger charge is 2.06. The van der Waals surface area contributed by atoms with Gasteiger partial charge in [0.25, 0.3) is 0 Å². The lowest BCUT2D eigenvalue weighted by Crippen LogP contribution is -2.06. The molecule has 0 fully saturated rings. The van der Waals surface area contributed by atoms with Crippen molar-refractivity contribution in [3.05, 3.63) is 24.2 Å². The zero-order chi connectivity index (χ0) is 9.68. The maximum Gasteiger partial charge on any atom is 0.150 e. The van der Waals surface area contributed by atoms with Crippen LogP contribution in [0.2, 0.25) is 0 Å². The fraction of sp³-hybridized carbons (Fsp3) is 0.500. The van der Waals surface area contributed by atoms with Crippen LogP contribution in [0.3, 0.4) is 0 Å².